The van der Waals surface area contributed by atoms with Crippen molar-refractivity contribution < 1.29 is 0 Å². The number of aromatic nitrogens is 2. The molecule has 0 unspecified atom stereocenters. The van der Waals surface area contributed by atoms with Gasteiger partial charge in [-0.15, -0.1) is 0 Å². The van der Waals surface area contributed by atoms with Gasteiger partial charge in [0.05, 0.1) is 0 Å². The molecule has 3 heteroatoms. The number of aryl methyl sites for hydroxylation is 2. The standard InChI is InChI=1S/C12H15N2.3C4H9.Sn/c1-3-4-6-10-7-5-8-12-11(10)9-13-14(12)2;3*1-3-4-2;/h5,7-8H,3-4,6H2,1-2H3;3*1,3-4H2,2H3;. The van der Waals surface area contributed by atoms with Crippen LogP contribution in [0.1, 0.15) is 84.6 Å². The number of hydrogen-bond donors (Lipinski definition) is 0. The van der Waals surface area contributed by atoms with Gasteiger partial charge in [-0.3, -0.25) is 0 Å². The Bertz CT molecular complexity index is 667. The second-order valence-corrected chi connectivity index (χ2v) is 21.4. The quantitative estimate of drug-likeness (QED) is 0.285. The van der Waals surface area contributed by atoms with Gasteiger partial charge in [0.2, 0.25) is 0 Å². The van der Waals surface area contributed by atoms with Gasteiger partial charge >= 0.3 is 172 Å². The molecule has 0 aliphatic rings. The summed E-state index contributed by atoms with van der Waals surface area (Å²) >= 11 is -2.52. The van der Waals surface area contributed by atoms with E-state index >= 15 is 0 Å². The minimum absolute atomic E-state index is 1.21. The molecule has 0 bridgehead atoms. The van der Waals surface area contributed by atoms with E-state index < -0.39 is 18.4 Å². The van der Waals surface area contributed by atoms with Gasteiger partial charge in [0.25, 0.3) is 0 Å². The van der Waals surface area contributed by atoms with Gasteiger partial charge in [0, 0.05) is 0 Å². The van der Waals surface area contributed by atoms with Crippen molar-refractivity contribution in [3.63, 3.8) is 0 Å². The summed E-state index contributed by atoms with van der Waals surface area (Å²) in [7, 11) is 2.17. The van der Waals surface area contributed by atoms with Crippen molar-refractivity contribution in [2.24, 2.45) is 7.05 Å². The minimum atomic E-state index is -2.52. The zero-order valence-electron chi connectivity index (χ0n) is 18.6. The third-order valence-electron chi connectivity index (χ3n) is 6.29. The van der Waals surface area contributed by atoms with Gasteiger partial charge in [0.1, 0.15) is 0 Å². The maximum absolute atomic E-state index is 5.30. The van der Waals surface area contributed by atoms with Crippen LogP contribution >= 0.6 is 0 Å². The van der Waals surface area contributed by atoms with Crippen molar-refractivity contribution in [1.82, 2.24) is 9.78 Å². The average molecular weight is 477 g/mol. The molecular weight excluding hydrogens is 435 g/mol. The van der Waals surface area contributed by atoms with E-state index in [0.717, 1.165) is 0 Å². The zero-order valence-corrected chi connectivity index (χ0v) is 21.5. The SMILES string of the molecule is CCCCc1cccc2c1[c]([Sn]([CH2]CCC)([CH2]CCC)[CH2]CCC)nn2C. The molecule has 0 radical (unpaired) electrons. The van der Waals surface area contributed by atoms with Crippen molar-refractivity contribution in [3.05, 3.63) is 23.8 Å². The van der Waals surface area contributed by atoms with Crippen molar-refractivity contribution in [2.75, 3.05) is 0 Å². The third kappa shape index (κ3) is 5.52. The molecule has 2 nitrogen and oxygen atoms in total. The van der Waals surface area contributed by atoms with Gasteiger partial charge in [-0.25, -0.2) is 0 Å². The summed E-state index contributed by atoms with van der Waals surface area (Å²) in [5.41, 5.74) is 2.95. The van der Waals surface area contributed by atoms with Crippen LogP contribution in [-0.2, 0) is 13.5 Å². The molecule has 0 aliphatic heterocycles. The van der Waals surface area contributed by atoms with Gasteiger partial charge in [0.15, 0.2) is 0 Å². The molecule has 1 aromatic carbocycles. The second kappa shape index (κ2) is 11.5. The molecule has 1 heterocycles. The van der Waals surface area contributed by atoms with Crippen molar-refractivity contribution in [1.29, 1.82) is 0 Å². The molecule has 27 heavy (non-hydrogen) atoms. The Kier molecular flexibility index (Phi) is 9.68. The fraction of sp³-hybridized carbons (Fsp3) is 0.708. The molecule has 0 saturated heterocycles. The summed E-state index contributed by atoms with van der Waals surface area (Å²) in [5.74, 6) is 0. The first-order valence-corrected chi connectivity index (χ1v) is 19.1. The van der Waals surface area contributed by atoms with Gasteiger partial charge in [-0.05, 0) is 0 Å². The Labute approximate surface area is 172 Å². The molecular formula is C24H42N2Sn. The molecule has 0 aliphatic carbocycles. The molecule has 0 spiro atoms. The molecule has 0 N–H and O–H groups in total. The predicted molar refractivity (Wildman–Crippen MR) is 124 cm³/mol. The fourth-order valence-electron chi connectivity index (χ4n) is 4.61. The molecule has 1 aromatic heterocycles. The maximum atomic E-state index is 5.30. The summed E-state index contributed by atoms with van der Waals surface area (Å²) in [5, 5.41) is 6.88. The predicted octanol–water partition coefficient (Wildman–Crippen LogP) is 6.97. The number of rotatable bonds is 13. The normalized spacial score (nSPS) is 12.2. The first-order valence-electron chi connectivity index (χ1n) is 11.6. The second-order valence-electron chi connectivity index (χ2n) is 8.48. The molecule has 152 valence electrons. The van der Waals surface area contributed by atoms with E-state index in [4.69, 9.17) is 5.10 Å². The molecule has 0 saturated carbocycles. The first kappa shape index (κ1) is 22.8. The van der Waals surface area contributed by atoms with Crippen molar-refractivity contribution in [2.45, 2.75) is 98.8 Å². The Morgan fingerprint density at radius 1 is 0.815 bits per heavy atom. The molecule has 0 amide bonds. The number of hydrogen-bond acceptors (Lipinski definition) is 1. The van der Waals surface area contributed by atoms with Crippen LogP contribution < -0.4 is 3.71 Å². The van der Waals surface area contributed by atoms with E-state index in [9.17, 15) is 0 Å². The third-order valence-corrected chi connectivity index (χ3v) is 21.4. The number of nitrogens with zero attached hydrogens (tertiary/aromatic N) is 2. The number of unbranched alkanes of at least 4 members (excludes halogenated alkanes) is 4. The molecule has 0 atom stereocenters. The van der Waals surface area contributed by atoms with E-state index in [0.29, 0.717) is 0 Å². The van der Waals surface area contributed by atoms with Crippen LogP contribution in [0, 0.1) is 0 Å². The first-order chi connectivity index (χ1) is 13.1. The summed E-state index contributed by atoms with van der Waals surface area (Å²) in [6.07, 6.45) is 11.9. The zero-order chi connectivity index (χ0) is 19.7. The van der Waals surface area contributed by atoms with E-state index in [2.05, 4.69) is 57.6 Å². The molecule has 0 fully saturated rings. The number of benzene rings is 1. The Balaban J connectivity index is 2.62. The van der Waals surface area contributed by atoms with E-state index in [1.807, 2.05) is 0 Å². The van der Waals surface area contributed by atoms with Crippen LogP contribution in [-0.4, -0.2) is 28.2 Å². The van der Waals surface area contributed by atoms with E-state index in [1.54, 1.807) is 14.7 Å². The molecule has 2 aromatic rings. The average Bonchev–Trinajstić information content (AvgIpc) is 3.04. The van der Waals surface area contributed by atoms with Crippen LogP contribution in [0.3, 0.4) is 0 Å². The monoisotopic (exact) mass is 478 g/mol. The summed E-state index contributed by atoms with van der Waals surface area (Å²) in [4.78, 5) is 0. The topological polar surface area (TPSA) is 17.8 Å². The fourth-order valence-corrected chi connectivity index (χ4v) is 21.0. The van der Waals surface area contributed by atoms with Crippen LogP contribution in [0.15, 0.2) is 18.2 Å². The Morgan fingerprint density at radius 3 is 1.89 bits per heavy atom. The van der Waals surface area contributed by atoms with Crippen LogP contribution in [0.5, 0.6) is 0 Å². The van der Waals surface area contributed by atoms with Crippen LogP contribution in [0.4, 0.5) is 0 Å². The van der Waals surface area contributed by atoms with Gasteiger partial charge in [-0.1, -0.05) is 0 Å². The van der Waals surface area contributed by atoms with Crippen molar-refractivity contribution >= 4 is 33.0 Å². The summed E-state index contributed by atoms with van der Waals surface area (Å²) in [6, 6.07) is 6.94. The van der Waals surface area contributed by atoms with Crippen LogP contribution in [0.2, 0.25) is 13.3 Å². The van der Waals surface area contributed by atoms with Crippen molar-refractivity contribution in [3.8, 4) is 0 Å². The van der Waals surface area contributed by atoms with Crippen LogP contribution in [0.25, 0.3) is 10.9 Å². The number of fused-ring (bicyclic) bond motifs is 1. The molecule has 2 rings (SSSR count). The van der Waals surface area contributed by atoms with E-state index in [-0.39, 0.29) is 0 Å². The Morgan fingerprint density at radius 2 is 1.37 bits per heavy atom. The summed E-state index contributed by atoms with van der Waals surface area (Å²) < 4.78 is 8.33. The van der Waals surface area contributed by atoms with Gasteiger partial charge in [-0.2, -0.15) is 0 Å². The summed E-state index contributed by atoms with van der Waals surface area (Å²) in [6.45, 7) is 9.38. The Hall–Kier alpha value is -0.511. The van der Waals surface area contributed by atoms with E-state index in [1.165, 1.54) is 76.6 Å². The van der Waals surface area contributed by atoms with Gasteiger partial charge < -0.3 is 0 Å².